The fraction of sp³-hybridized carbons (Fsp3) is 0.600. The molecule has 0 atom stereocenters. The van der Waals surface area contributed by atoms with Gasteiger partial charge in [0.2, 0.25) is 3.79 Å². The zero-order chi connectivity index (χ0) is 8.78. The van der Waals surface area contributed by atoms with Crippen LogP contribution in [0.25, 0.3) is 0 Å². The van der Waals surface area contributed by atoms with Crippen LogP contribution in [-0.2, 0) is 9.59 Å². The van der Waals surface area contributed by atoms with Gasteiger partial charge in [0.15, 0.2) is 6.29 Å². The Balaban J connectivity index is 0. The van der Waals surface area contributed by atoms with Gasteiger partial charge in [-0.2, -0.15) is 0 Å². The molecule has 0 bridgehead atoms. The van der Waals surface area contributed by atoms with Crippen molar-refractivity contribution in [2.75, 3.05) is 0 Å². The number of aldehydes is 1. The van der Waals surface area contributed by atoms with Gasteiger partial charge in [-0.25, -0.2) is 0 Å². The lowest BCUT2D eigenvalue weighted by Gasteiger charge is -1.93. The monoisotopic (exact) mass is 204 g/mol. The van der Waals surface area contributed by atoms with Crippen molar-refractivity contribution in [3.05, 3.63) is 0 Å². The molecule has 0 N–H and O–H groups in total. The molecular formula is C5H7Cl3O2. The number of ketones is 1. The van der Waals surface area contributed by atoms with E-state index >= 15 is 0 Å². The third-order valence-electron chi connectivity index (χ3n) is 0.134. The van der Waals surface area contributed by atoms with Crippen molar-refractivity contribution >= 4 is 46.9 Å². The molecule has 0 amide bonds. The van der Waals surface area contributed by atoms with Crippen LogP contribution in [0.2, 0.25) is 0 Å². The first-order valence-corrected chi connectivity index (χ1v) is 3.43. The second kappa shape index (κ2) is 5.96. The Labute approximate surface area is 74.4 Å². The van der Waals surface area contributed by atoms with Crippen molar-refractivity contribution in [2.24, 2.45) is 0 Å². The minimum absolute atomic E-state index is 0.167. The number of hydrogen-bond acceptors (Lipinski definition) is 2. The number of rotatable bonds is 0. The van der Waals surface area contributed by atoms with Crippen molar-refractivity contribution in [2.45, 2.75) is 17.6 Å². The minimum atomic E-state index is -1.72. The van der Waals surface area contributed by atoms with E-state index in [0.29, 0.717) is 0 Å². The molecule has 0 spiro atoms. The summed E-state index contributed by atoms with van der Waals surface area (Å²) in [6.07, 6.45) is 0.234. The van der Waals surface area contributed by atoms with Crippen LogP contribution >= 0.6 is 34.8 Å². The number of halogens is 3. The Hall–Kier alpha value is 0.210. The predicted molar refractivity (Wildman–Crippen MR) is 42.7 cm³/mol. The summed E-state index contributed by atoms with van der Waals surface area (Å²) in [5.41, 5.74) is 0. The molecule has 0 aliphatic carbocycles. The largest absolute Gasteiger partial charge is 0.300 e. The van der Waals surface area contributed by atoms with E-state index in [1.54, 1.807) is 0 Å². The molecule has 0 aliphatic heterocycles. The zero-order valence-electron chi connectivity index (χ0n) is 5.53. The van der Waals surface area contributed by atoms with E-state index in [9.17, 15) is 9.59 Å². The maximum atomic E-state index is 9.44. The summed E-state index contributed by atoms with van der Waals surface area (Å²) in [5, 5.41) is 0. The molecular weight excluding hydrogens is 198 g/mol. The molecule has 0 radical (unpaired) electrons. The maximum absolute atomic E-state index is 9.44. The molecule has 0 heterocycles. The third kappa shape index (κ3) is 41.4. The van der Waals surface area contributed by atoms with Crippen LogP contribution in [0.1, 0.15) is 13.8 Å². The summed E-state index contributed by atoms with van der Waals surface area (Å²) in [5.74, 6) is 0.167. The van der Waals surface area contributed by atoms with Crippen molar-refractivity contribution in [1.29, 1.82) is 0 Å². The van der Waals surface area contributed by atoms with Crippen LogP contribution in [0.5, 0.6) is 0 Å². The third-order valence-corrected chi connectivity index (χ3v) is 0.401. The summed E-state index contributed by atoms with van der Waals surface area (Å²) in [6, 6.07) is 0. The first-order chi connectivity index (χ1) is 4.29. The van der Waals surface area contributed by atoms with Crippen molar-refractivity contribution in [3.8, 4) is 0 Å². The molecule has 0 aromatic heterocycles. The minimum Gasteiger partial charge on any atom is -0.300 e. The molecule has 0 aromatic rings. The lowest BCUT2D eigenvalue weighted by Crippen LogP contribution is -2.00. The summed E-state index contributed by atoms with van der Waals surface area (Å²) in [4.78, 5) is 18.9. The summed E-state index contributed by atoms with van der Waals surface area (Å²) < 4.78 is -1.72. The van der Waals surface area contributed by atoms with E-state index in [1.807, 2.05) is 0 Å². The predicted octanol–water partition coefficient (Wildman–Crippen LogP) is 2.15. The Morgan fingerprint density at radius 3 is 1.40 bits per heavy atom. The molecule has 10 heavy (non-hydrogen) atoms. The van der Waals surface area contributed by atoms with Crippen LogP contribution in [0, 0.1) is 0 Å². The Morgan fingerprint density at radius 2 is 1.40 bits per heavy atom. The fourth-order valence-corrected chi connectivity index (χ4v) is 0. The van der Waals surface area contributed by atoms with E-state index in [4.69, 9.17) is 34.8 Å². The van der Waals surface area contributed by atoms with Crippen molar-refractivity contribution in [1.82, 2.24) is 0 Å². The van der Waals surface area contributed by atoms with Gasteiger partial charge in [-0.3, -0.25) is 4.79 Å². The standard InChI is InChI=1S/C3H6O.C2HCl3O/c1-3(2)4;3-2(4,5)1-6/h1-2H3;1H. The van der Waals surface area contributed by atoms with Crippen LogP contribution in [0.3, 0.4) is 0 Å². The van der Waals surface area contributed by atoms with Gasteiger partial charge in [-0.05, 0) is 13.8 Å². The highest BCUT2D eigenvalue weighted by atomic mass is 35.6. The summed E-state index contributed by atoms with van der Waals surface area (Å²) in [6.45, 7) is 3.06. The van der Waals surface area contributed by atoms with Crippen LogP contribution in [0.15, 0.2) is 0 Å². The van der Waals surface area contributed by atoms with Crippen LogP contribution in [0.4, 0.5) is 0 Å². The number of Topliss-reactive ketones (excluding diaryl/α,β-unsaturated/α-hetero) is 1. The Kier molecular flexibility index (Phi) is 7.65. The zero-order valence-corrected chi connectivity index (χ0v) is 7.80. The van der Waals surface area contributed by atoms with Gasteiger partial charge in [0, 0.05) is 0 Å². The Bertz CT molecular complexity index is 113. The second-order valence-corrected chi connectivity index (χ2v) is 3.94. The van der Waals surface area contributed by atoms with Gasteiger partial charge in [-0.1, -0.05) is 34.8 Å². The smallest absolute Gasteiger partial charge is 0.245 e. The molecule has 0 rings (SSSR count). The van der Waals surface area contributed by atoms with Gasteiger partial charge < -0.3 is 4.79 Å². The molecule has 0 aromatic carbocycles. The molecule has 0 saturated heterocycles. The normalized spacial score (nSPS) is 9.30. The molecule has 0 unspecified atom stereocenters. The lowest BCUT2D eigenvalue weighted by atomic mass is 10.6. The average molecular weight is 205 g/mol. The first kappa shape index (κ1) is 12.8. The van der Waals surface area contributed by atoms with Gasteiger partial charge >= 0.3 is 0 Å². The van der Waals surface area contributed by atoms with Gasteiger partial charge in [0.25, 0.3) is 0 Å². The highest BCUT2D eigenvalue weighted by molar-refractivity contribution is 6.74. The van der Waals surface area contributed by atoms with E-state index in [-0.39, 0.29) is 12.1 Å². The second-order valence-electron chi connectivity index (χ2n) is 1.57. The Morgan fingerprint density at radius 1 is 1.30 bits per heavy atom. The highest BCUT2D eigenvalue weighted by Gasteiger charge is 2.16. The van der Waals surface area contributed by atoms with E-state index < -0.39 is 3.79 Å². The van der Waals surface area contributed by atoms with Gasteiger partial charge in [0.1, 0.15) is 5.78 Å². The first-order valence-electron chi connectivity index (χ1n) is 2.30. The topological polar surface area (TPSA) is 34.1 Å². The summed E-state index contributed by atoms with van der Waals surface area (Å²) >= 11 is 14.6. The number of alkyl halides is 3. The average Bonchev–Trinajstić information content (AvgIpc) is 1.63. The van der Waals surface area contributed by atoms with E-state index in [0.717, 1.165) is 0 Å². The molecule has 0 aliphatic rings. The fourth-order valence-electron chi connectivity index (χ4n) is 0. The van der Waals surface area contributed by atoms with Crippen molar-refractivity contribution < 1.29 is 9.59 Å². The van der Waals surface area contributed by atoms with Gasteiger partial charge in [0.05, 0.1) is 0 Å². The number of carbonyl (C=O) groups excluding carboxylic acids is 2. The molecule has 0 fully saturated rings. The highest BCUT2D eigenvalue weighted by Crippen LogP contribution is 2.21. The lowest BCUT2D eigenvalue weighted by molar-refractivity contribution is -0.115. The van der Waals surface area contributed by atoms with E-state index in [1.165, 1.54) is 13.8 Å². The molecule has 2 nitrogen and oxygen atoms in total. The number of carbonyl (C=O) groups is 2. The molecule has 0 saturated carbocycles. The maximum Gasteiger partial charge on any atom is 0.245 e. The van der Waals surface area contributed by atoms with Crippen molar-refractivity contribution in [3.63, 3.8) is 0 Å². The summed E-state index contributed by atoms with van der Waals surface area (Å²) in [7, 11) is 0. The SMILES string of the molecule is CC(C)=O.O=CC(Cl)(Cl)Cl. The quantitative estimate of drug-likeness (QED) is 0.449. The van der Waals surface area contributed by atoms with Gasteiger partial charge in [-0.15, -0.1) is 0 Å². The molecule has 60 valence electrons. The number of hydrogen-bond donors (Lipinski definition) is 0. The van der Waals surface area contributed by atoms with Crippen LogP contribution < -0.4 is 0 Å². The molecule has 5 heteroatoms. The van der Waals surface area contributed by atoms with Crippen LogP contribution in [-0.4, -0.2) is 15.9 Å². The van der Waals surface area contributed by atoms with E-state index in [2.05, 4.69) is 0 Å².